The molecule has 0 saturated carbocycles. The molecule has 0 fully saturated rings. The molecule has 0 aliphatic heterocycles. The monoisotopic (exact) mass is 472 g/mol. The Bertz CT molecular complexity index is 1100. The van der Waals surface area contributed by atoms with Gasteiger partial charge in [0.1, 0.15) is 24.2 Å². The maximum atomic E-state index is 12.8. The van der Waals surface area contributed by atoms with Crippen molar-refractivity contribution in [2.24, 2.45) is 0 Å². The first kappa shape index (κ1) is 26.6. The minimum atomic E-state index is -1.07. The first-order chi connectivity index (χ1) is 16.2. The van der Waals surface area contributed by atoms with Crippen molar-refractivity contribution < 1.29 is 23.9 Å². The van der Waals surface area contributed by atoms with Crippen LogP contribution in [-0.4, -0.2) is 47.0 Å². The molecule has 10 heteroatoms. The van der Waals surface area contributed by atoms with Crippen molar-refractivity contribution in [3.05, 3.63) is 39.8 Å². The second-order valence-corrected chi connectivity index (χ2v) is 7.65. The van der Waals surface area contributed by atoms with Crippen molar-refractivity contribution in [1.82, 2.24) is 15.3 Å². The van der Waals surface area contributed by atoms with Gasteiger partial charge >= 0.3 is 5.97 Å². The van der Waals surface area contributed by atoms with Gasteiger partial charge in [-0.3, -0.25) is 19.2 Å². The largest absolute Gasteiger partial charge is 0.493 e. The van der Waals surface area contributed by atoms with E-state index in [1.165, 1.54) is 13.8 Å². The van der Waals surface area contributed by atoms with Gasteiger partial charge in [-0.2, -0.15) is 0 Å². The van der Waals surface area contributed by atoms with Gasteiger partial charge in [-0.15, -0.1) is 0 Å². The Morgan fingerprint density at radius 1 is 1.12 bits per heavy atom. The SMILES string of the molecule is CCCOc1ccc(NC(=O)C(COC(C)=O)NC(C)=O)cc1-c1nc(CC)c(CC)c(=O)[nH]1. The number of nitrogens with one attached hydrogen (secondary N) is 3. The van der Waals surface area contributed by atoms with E-state index in [4.69, 9.17) is 9.47 Å². The summed E-state index contributed by atoms with van der Waals surface area (Å²) >= 11 is 0. The van der Waals surface area contributed by atoms with E-state index in [0.717, 1.165) is 6.42 Å². The number of carbonyl (C=O) groups excluding carboxylic acids is 3. The normalized spacial score (nSPS) is 11.4. The number of anilines is 1. The van der Waals surface area contributed by atoms with Crippen LogP contribution in [0, 0.1) is 0 Å². The highest BCUT2D eigenvalue weighted by Crippen LogP contribution is 2.31. The summed E-state index contributed by atoms with van der Waals surface area (Å²) in [5, 5.41) is 5.17. The second-order valence-electron chi connectivity index (χ2n) is 7.65. The molecule has 0 radical (unpaired) electrons. The highest BCUT2D eigenvalue weighted by Gasteiger charge is 2.22. The Morgan fingerprint density at radius 3 is 2.44 bits per heavy atom. The summed E-state index contributed by atoms with van der Waals surface area (Å²) in [6.45, 7) is 8.44. The Balaban J connectivity index is 2.44. The molecule has 1 aromatic heterocycles. The zero-order valence-corrected chi connectivity index (χ0v) is 20.2. The molecule has 1 aromatic carbocycles. The third-order valence-electron chi connectivity index (χ3n) is 4.90. The van der Waals surface area contributed by atoms with Gasteiger partial charge in [0, 0.05) is 25.1 Å². The number of ether oxygens (including phenoxy) is 2. The van der Waals surface area contributed by atoms with Crippen LogP contribution in [0.15, 0.2) is 23.0 Å². The van der Waals surface area contributed by atoms with E-state index < -0.39 is 23.8 Å². The number of nitrogens with zero attached hydrogens (tertiary/aromatic N) is 1. The summed E-state index contributed by atoms with van der Waals surface area (Å²) in [7, 11) is 0. The molecule has 1 atom stereocenters. The molecule has 1 heterocycles. The van der Waals surface area contributed by atoms with E-state index in [9.17, 15) is 19.2 Å². The molecule has 0 bridgehead atoms. The van der Waals surface area contributed by atoms with Crippen LogP contribution in [0.2, 0.25) is 0 Å². The summed E-state index contributed by atoms with van der Waals surface area (Å²) in [5.41, 5.74) is 2.02. The summed E-state index contributed by atoms with van der Waals surface area (Å²) in [4.78, 5) is 55.5. The number of rotatable bonds is 11. The Hall–Kier alpha value is -3.69. The molecule has 0 aliphatic carbocycles. The number of carbonyl (C=O) groups is 3. The number of hydrogen-bond donors (Lipinski definition) is 3. The van der Waals surface area contributed by atoms with E-state index in [-0.39, 0.29) is 12.2 Å². The van der Waals surface area contributed by atoms with Crippen molar-refractivity contribution in [1.29, 1.82) is 0 Å². The minimum absolute atomic E-state index is 0.215. The van der Waals surface area contributed by atoms with E-state index in [1.54, 1.807) is 18.2 Å². The first-order valence-electron chi connectivity index (χ1n) is 11.3. The molecule has 0 spiro atoms. The van der Waals surface area contributed by atoms with Crippen molar-refractivity contribution in [2.75, 3.05) is 18.5 Å². The van der Waals surface area contributed by atoms with Crippen molar-refractivity contribution in [3.8, 4) is 17.1 Å². The lowest BCUT2D eigenvalue weighted by atomic mass is 10.1. The van der Waals surface area contributed by atoms with Gasteiger partial charge < -0.3 is 25.1 Å². The van der Waals surface area contributed by atoms with Gasteiger partial charge in [0.15, 0.2) is 0 Å². The smallest absolute Gasteiger partial charge is 0.302 e. The fourth-order valence-electron chi connectivity index (χ4n) is 3.32. The Morgan fingerprint density at radius 2 is 1.85 bits per heavy atom. The molecule has 184 valence electrons. The molecular weight excluding hydrogens is 440 g/mol. The zero-order valence-electron chi connectivity index (χ0n) is 20.2. The molecule has 3 N–H and O–H groups in total. The van der Waals surface area contributed by atoms with E-state index in [1.807, 2.05) is 20.8 Å². The number of hydrogen-bond acceptors (Lipinski definition) is 7. The maximum Gasteiger partial charge on any atom is 0.302 e. The van der Waals surface area contributed by atoms with Crippen molar-refractivity contribution >= 4 is 23.5 Å². The van der Waals surface area contributed by atoms with E-state index in [2.05, 4.69) is 20.6 Å². The van der Waals surface area contributed by atoms with Gasteiger partial charge in [-0.25, -0.2) is 4.98 Å². The van der Waals surface area contributed by atoms with Crippen LogP contribution in [-0.2, 0) is 32.0 Å². The minimum Gasteiger partial charge on any atom is -0.493 e. The highest BCUT2D eigenvalue weighted by atomic mass is 16.5. The number of aryl methyl sites for hydroxylation is 1. The van der Waals surface area contributed by atoms with Gasteiger partial charge in [0.25, 0.3) is 11.5 Å². The number of H-pyrrole nitrogens is 1. The van der Waals surface area contributed by atoms with Gasteiger partial charge in [0.2, 0.25) is 5.91 Å². The number of esters is 1. The fraction of sp³-hybridized carbons (Fsp3) is 0.458. The zero-order chi connectivity index (χ0) is 25.3. The topological polar surface area (TPSA) is 139 Å². The number of aromatic amines is 1. The predicted molar refractivity (Wildman–Crippen MR) is 128 cm³/mol. The highest BCUT2D eigenvalue weighted by molar-refractivity contribution is 5.97. The molecule has 2 rings (SSSR count). The van der Waals surface area contributed by atoms with E-state index in [0.29, 0.717) is 53.5 Å². The van der Waals surface area contributed by atoms with Gasteiger partial charge in [0.05, 0.1) is 17.9 Å². The fourth-order valence-corrected chi connectivity index (χ4v) is 3.32. The lowest BCUT2D eigenvalue weighted by Crippen LogP contribution is -2.46. The summed E-state index contributed by atoms with van der Waals surface area (Å²) in [6.07, 6.45) is 1.94. The third-order valence-corrected chi connectivity index (χ3v) is 4.90. The van der Waals surface area contributed by atoms with E-state index >= 15 is 0 Å². The van der Waals surface area contributed by atoms with Crippen LogP contribution in [0.5, 0.6) is 5.75 Å². The van der Waals surface area contributed by atoms with Crippen LogP contribution in [0.4, 0.5) is 5.69 Å². The van der Waals surface area contributed by atoms with Crippen molar-refractivity contribution in [3.63, 3.8) is 0 Å². The van der Waals surface area contributed by atoms with Crippen LogP contribution in [0.25, 0.3) is 11.4 Å². The summed E-state index contributed by atoms with van der Waals surface area (Å²) in [6, 6.07) is 3.89. The number of benzene rings is 1. The molecule has 2 amide bonds. The Labute approximate surface area is 198 Å². The molecule has 10 nitrogen and oxygen atoms in total. The average molecular weight is 473 g/mol. The predicted octanol–water partition coefficient (Wildman–Crippen LogP) is 2.36. The third kappa shape index (κ3) is 7.16. The van der Waals surface area contributed by atoms with Crippen LogP contribution in [0.3, 0.4) is 0 Å². The molecular formula is C24H32N4O6. The first-order valence-corrected chi connectivity index (χ1v) is 11.3. The van der Waals surface area contributed by atoms with Gasteiger partial charge in [-0.05, 0) is 37.5 Å². The van der Waals surface area contributed by atoms with Crippen molar-refractivity contribution in [2.45, 2.75) is 59.9 Å². The van der Waals surface area contributed by atoms with Crippen LogP contribution >= 0.6 is 0 Å². The second kappa shape index (κ2) is 12.5. The molecule has 0 aliphatic rings. The summed E-state index contributed by atoms with van der Waals surface area (Å²) < 4.78 is 10.7. The lowest BCUT2D eigenvalue weighted by molar-refractivity contribution is -0.143. The van der Waals surface area contributed by atoms with Crippen LogP contribution < -0.4 is 20.9 Å². The van der Waals surface area contributed by atoms with Crippen LogP contribution in [0.1, 0.15) is 52.3 Å². The maximum absolute atomic E-state index is 12.8. The number of amides is 2. The molecule has 1 unspecified atom stereocenters. The lowest BCUT2D eigenvalue weighted by Gasteiger charge is -2.18. The standard InChI is InChI=1S/C24H32N4O6/c1-6-11-33-21-10-9-16(26-24(32)20(25-14(4)29)13-34-15(5)30)12-18(21)22-27-19(8-3)17(7-2)23(31)28-22/h9-10,12,20H,6-8,11,13H2,1-5H3,(H,25,29)(H,26,32)(H,27,28,31). The number of aromatic nitrogens is 2. The average Bonchev–Trinajstić information content (AvgIpc) is 2.79. The molecule has 34 heavy (non-hydrogen) atoms. The quantitative estimate of drug-likeness (QED) is 0.427. The molecule has 2 aromatic rings. The summed E-state index contributed by atoms with van der Waals surface area (Å²) in [5.74, 6) is -0.741. The molecule has 0 saturated heterocycles. The Kier molecular flexibility index (Phi) is 9.78. The van der Waals surface area contributed by atoms with Gasteiger partial charge in [-0.1, -0.05) is 20.8 Å².